The second kappa shape index (κ2) is 8.92. The molecule has 2 aliphatic rings. The van der Waals surface area contributed by atoms with Crippen molar-refractivity contribution < 1.29 is 14.2 Å². The molecule has 0 aliphatic carbocycles. The molecule has 6 nitrogen and oxygen atoms in total. The van der Waals surface area contributed by atoms with E-state index >= 15 is 0 Å². The van der Waals surface area contributed by atoms with Gasteiger partial charge in [0.25, 0.3) is 0 Å². The fourth-order valence-corrected chi connectivity index (χ4v) is 4.17. The Hall–Kier alpha value is -1.51. The van der Waals surface area contributed by atoms with E-state index in [0.29, 0.717) is 13.2 Å². The van der Waals surface area contributed by atoms with Gasteiger partial charge in [0.1, 0.15) is 17.4 Å². The van der Waals surface area contributed by atoms with Crippen LogP contribution in [0.1, 0.15) is 16.2 Å². The van der Waals surface area contributed by atoms with Gasteiger partial charge in [-0.1, -0.05) is 18.2 Å². The molecule has 0 radical (unpaired) electrons. The summed E-state index contributed by atoms with van der Waals surface area (Å²) in [5.74, 6) is 0.947. The van der Waals surface area contributed by atoms with Gasteiger partial charge < -0.3 is 14.2 Å². The van der Waals surface area contributed by atoms with Gasteiger partial charge >= 0.3 is 0 Å². The molecular formula is C19H25N3O3S. The van der Waals surface area contributed by atoms with Crippen LogP contribution in [0, 0.1) is 0 Å². The number of rotatable bonds is 7. The maximum atomic E-state index is 5.80. The summed E-state index contributed by atoms with van der Waals surface area (Å²) in [7, 11) is 0. The van der Waals surface area contributed by atoms with Gasteiger partial charge in [-0.3, -0.25) is 9.80 Å². The SMILES string of the molecule is c1ccc(OCCN2CCN(Cc3cnc(C4OCCO4)s3)CC2)cc1. The van der Waals surface area contributed by atoms with Crippen LogP contribution in [0.3, 0.4) is 0 Å². The molecule has 0 N–H and O–H groups in total. The van der Waals surface area contributed by atoms with Crippen molar-refractivity contribution in [2.45, 2.75) is 12.8 Å². The van der Waals surface area contributed by atoms with Crippen molar-refractivity contribution in [3.05, 3.63) is 46.4 Å². The molecule has 7 heteroatoms. The number of nitrogens with zero attached hydrogens (tertiary/aromatic N) is 3. The number of hydrogen-bond donors (Lipinski definition) is 0. The molecule has 0 atom stereocenters. The van der Waals surface area contributed by atoms with E-state index in [1.807, 2.05) is 36.5 Å². The summed E-state index contributed by atoms with van der Waals surface area (Å²) < 4.78 is 16.8. The Morgan fingerprint density at radius 1 is 1.04 bits per heavy atom. The highest BCUT2D eigenvalue weighted by Gasteiger charge is 2.23. The fourth-order valence-electron chi connectivity index (χ4n) is 3.21. The lowest BCUT2D eigenvalue weighted by molar-refractivity contribution is -0.0442. The Morgan fingerprint density at radius 3 is 2.54 bits per heavy atom. The summed E-state index contributed by atoms with van der Waals surface area (Å²) in [5, 5.41) is 0.939. The molecule has 0 unspecified atom stereocenters. The van der Waals surface area contributed by atoms with Crippen LogP contribution in [0.2, 0.25) is 0 Å². The van der Waals surface area contributed by atoms with E-state index < -0.39 is 0 Å². The first-order chi connectivity index (χ1) is 12.9. The second-order valence-corrected chi connectivity index (χ2v) is 7.66. The quantitative estimate of drug-likeness (QED) is 0.741. The topological polar surface area (TPSA) is 47.1 Å². The minimum atomic E-state index is -0.254. The number of piperazine rings is 1. The molecule has 2 aliphatic heterocycles. The number of ether oxygens (including phenoxy) is 3. The minimum Gasteiger partial charge on any atom is -0.492 e. The molecule has 2 aromatic rings. The van der Waals surface area contributed by atoms with Gasteiger partial charge in [-0.15, -0.1) is 11.3 Å². The normalized spacial score (nSPS) is 19.8. The maximum Gasteiger partial charge on any atom is 0.211 e. The van der Waals surface area contributed by atoms with Crippen molar-refractivity contribution in [1.29, 1.82) is 0 Å². The molecule has 1 aromatic heterocycles. The third-order valence-electron chi connectivity index (χ3n) is 4.66. The molecular weight excluding hydrogens is 350 g/mol. The Morgan fingerprint density at radius 2 is 1.77 bits per heavy atom. The summed E-state index contributed by atoms with van der Waals surface area (Å²) >= 11 is 1.70. The standard InChI is InChI=1S/C19H25N3O3S/c1-2-4-16(5-3-1)23-11-10-21-6-8-22(9-7-21)15-17-14-20-18(26-17)19-24-12-13-25-19/h1-5,14,19H,6-13,15H2. The van der Waals surface area contributed by atoms with Crippen molar-refractivity contribution in [2.75, 3.05) is 52.5 Å². The largest absolute Gasteiger partial charge is 0.492 e. The first kappa shape index (κ1) is 17.9. The summed E-state index contributed by atoms with van der Waals surface area (Å²) in [6.45, 7) is 8.32. The van der Waals surface area contributed by atoms with Crippen molar-refractivity contribution in [3.63, 3.8) is 0 Å². The number of para-hydroxylation sites is 1. The first-order valence-corrected chi connectivity index (χ1v) is 9.99. The van der Waals surface area contributed by atoms with E-state index in [-0.39, 0.29) is 6.29 Å². The van der Waals surface area contributed by atoms with Gasteiger partial charge in [-0.2, -0.15) is 0 Å². The van der Waals surface area contributed by atoms with E-state index in [2.05, 4.69) is 14.8 Å². The molecule has 2 saturated heterocycles. The van der Waals surface area contributed by atoms with Crippen molar-refractivity contribution in [1.82, 2.24) is 14.8 Å². The average Bonchev–Trinajstić information content (AvgIpc) is 3.36. The van der Waals surface area contributed by atoms with Crippen LogP contribution in [0.25, 0.3) is 0 Å². The first-order valence-electron chi connectivity index (χ1n) is 9.17. The predicted octanol–water partition coefficient (Wildman–Crippen LogP) is 2.39. The zero-order valence-corrected chi connectivity index (χ0v) is 15.7. The molecule has 0 amide bonds. The lowest BCUT2D eigenvalue weighted by Crippen LogP contribution is -2.46. The highest BCUT2D eigenvalue weighted by molar-refractivity contribution is 7.11. The summed E-state index contributed by atoms with van der Waals surface area (Å²) in [6, 6.07) is 10.0. The highest BCUT2D eigenvalue weighted by atomic mass is 32.1. The molecule has 140 valence electrons. The van der Waals surface area contributed by atoms with E-state index in [4.69, 9.17) is 14.2 Å². The fraction of sp³-hybridized carbons (Fsp3) is 0.526. The maximum absolute atomic E-state index is 5.80. The highest BCUT2D eigenvalue weighted by Crippen LogP contribution is 2.27. The van der Waals surface area contributed by atoms with E-state index in [0.717, 1.165) is 56.6 Å². The van der Waals surface area contributed by atoms with Gasteiger partial charge in [-0.05, 0) is 12.1 Å². The third-order valence-corrected chi connectivity index (χ3v) is 5.66. The molecule has 3 heterocycles. The van der Waals surface area contributed by atoms with Crippen LogP contribution >= 0.6 is 11.3 Å². The Balaban J connectivity index is 1.17. The van der Waals surface area contributed by atoms with Crippen molar-refractivity contribution in [3.8, 4) is 5.75 Å². The van der Waals surface area contributed by atoms with E-state index in [1.165, 1.54) is 4.88 Å². The van der Waals surface area contributed by atoms with Crippen LogP contribution in [0.4, 0.5) is 0 Å². The third kappa shape index (κ3) is 4.81. The Labute approximate surface area is 158 Å². The molecule has 0 spiro atoms. The van der Waals surface area contributed by atoms with Crippen LogP contribution in [0.15, 0.2) is 36.5 Å². The number of benzene rings is 1. The summed E-state index contributed by atoms with van der Waals surface area (Å²) in [6.07, 6.45) is 1.71. The molecule has 2 fully saturated rings. The van der Waals surface area contributed by atoms with Crippen LogP contribution < -0.4 is 4.74 Å². The average molecular weight is 375 g/mol. The molecule has 4 rings (SSSR count). The van der Waals surface area contributed by atoms with E-state index in [1.54, 1.807) is 11.3 Å². The molecule has 0 saturated carbocycles. The number of aromatic nitrogens is 1. The minimum absolute atomic E-state index is 0.254. The lowest BCUT2D eigenvalue weighted by Gasteiger charge is -2.34. The zero-order chi connectivity index (χ0) is 17.6. The summed E-state index contributed by atoms with van der Waals surface area (Å²) in [5.41, 5.74) is 0. The summed E-state index contributed by atoms with van der Waals surface area (Å²) in [4.78, 5) is 10.7. The van der Waals surface area contributed by atoms with Crippen LogP contribution in [-0.2, 0) is 16.0 Å². The number of thiazole rings is 1. The Kier molecular flexibility index (Phi) is 6.14. The second-order valence-electron chi connectivity index (χ2n) is 6.52. The van der Waals surface area contributed by atoms with Crippen molar-refractivity contribution >= 4 is 11.3 Å². The van der Waals surface area contributed by atoms with Gasteiger partial charge in [0.15, 0.2) is 0 Å². The van der Waals surface area contributed by atoms with Gasteiger partial charge in [0, 0.05) is 50.3 Å². The Bertz CT molecular complexity index is 668. The monoisotopic (exact) mass is 375 g/mol. The van der Waals surface area contributed by atoms with Crippen LogP contribution in [-0.4, -0.2) is 67.3 Å². The lowest BCUT2D eigenvalue weighted by atomic mass is 10.3. The smallest absolute Gasteiger partial charge is 0.211 e. The molecule has 0 bridgehead atoms. The number of hydrogen-bond acceptors (Lipinski definition) is 7. The van der Waals surface area contributed by atoms with Crippen LogP contribution in [0.5, 0.6) is 5.75 Å². The van der Waals surface area contributed by atoms with E-state index in [9.17, 15) is 0 Å². The van der Waals surface area contributed by atoms with Gasteiger partial charge in [0.05, 0.1) is 13.2 Å². The zero-order valence-electron chi connectivity index (χ0n) is 14.9. The van der Waals surface area contributed by atoms with Crippen molar-refractivity contribution in [2.24, 2.45) is 0 Å². The predicted molar refractivity (Wildman–Crippen MR) is 100 cm³/mol. The molecule has 26 heavy (non-hydrogen) atoms. The van der Waals surface area contributed by atoms with Gasteiger partial charge in [0.2, 0.25) is 6.29 Å². The molecule has 1 aromatic carbocycles. The van der Waals surface area contributed by atoms with Gasteiger partial charge in [-0.25, -0.2) is 4.98 Å².